The molecule has 2 atom stereocenters. The highest BCUT2D eigenvalue weighted by Crippen LogP contribution is 2.12. The maximum Gasteiger partial charge on any atom is 0.271 e. The van der Waals surface area contributed by atoms with Gasteiger partial charge in [0, 0.05) is 35.4 Å². The Labute approximate surface area is 188 Å². The minimum atomic E-state index is -0.344. The van der Waals surface area contributed by atoms with Crippen LogP contribution in [0.25, 0.3) is 0 Å². The van der Waals surface area contributed by atoms with Crippen LogP contribution in [0.15, 0.2) is 95.1 Å². The number of hydrogen-bond acceptors (Lipinski definition) is 4. The quantitative estimate of drug-likeness (QED) is 0.403. The second-order valence-electron chi connectivity index (χ2n) is 7.41. The number of nitrogens with one attached hydrogen (secondary N) is 2. The molecule has 162 valence electrons. The van der Waals surface area contributed by atoms with Gasteiger partial charge in [0.25, 0.3) is 11.8 Å². The molecule has 3 aromatic rings. The fraction of sp³-hybridized carbons (Fsp3) is 0.154. The zero-order valence-electron chi connectivity index (χ0n) is 18.1. The molecule has 0 aliphatic rings. The molecule has 32 heavy (non-hydrogen) atoms. The van der Waals surface area contributed by atoms with Crippen LogP contribution in [0.1, 0.15) is 57.5 Å². The van der Waals surface area contributed by atoms with Crippen molar-refractivity contribution in [2.75, 3.05) is 0 Å². The monoisotopic (exact) mass is 426 g/mol. The summed E-state index contributed by atoms with van der Waals surface area (Å²) in [6, 6.07) is 26.1. The topological polar surface area (TPSA) is 82.9 Å². The molecule has 0 aliphatic carbocycles. The van der Waals surface area contributed by atoms with Crippen LogP contribution in [0.5, 0.6) is 0 Å². The molecule has 0 fully saturated rings. The lowest BCUT2D eigenvalue weighted by Crippen LogP contribution is -2.20. The van der Waals surface area contributed by atoms with Crippen molar-refractivity contribution < 1.29 is 9.59 Å². The van der Waals surface area contributed by atoms with E-state index < -0.39 is 0 Å². The van der Waals surface area contributed by atoms with Crippen molar-refractivity contribution in [1.29, 1.82) is 0 Å². The zero-order chi connectivity index (χ0) is 22.8. The number of benzene rings is 3. The van der Waals surface area contributed by atoms with E-state index in [0.717, 1.165) is 11.1 Å². The number of carbonyl (C=O) groups is 2. The third kappa shape index (κ3) is 6.47. The van der Waals surface area contributed by atoms with Crippen LogP contribution in [0.4, 0.5) is 0 Å². The minimum absolute atomic E-state index is 0.0766. The van der Waals surface area contributed by atoms with E-state index in [1.165, 1.54) is 0 Å². The molecule has 6 heteroatoms. The Morgan fingerprint density at radius 1 is 0.625 bits per heavy atom. The van der Waals surface area contributed by atoms with Crippen LogP contribution in [0, 0.1) is 0 Å². The van der Waals surface area contributed by atoms with E-state index in [0.29, 0.717) is 11.1 Å². The van der Waals surface area contributed by atoms with Gasteiger partial charge in [-0.1, -0.05) is 74.5 Å². The maximum atomic E-state index is 12.3. The first-order chi connectivity index (χ1) is 15.5. The summed E-state index contributed by atoms with van der Waals surface area (Å²) in [7, 11) is 0. The second kappa shape index (κ2) is 11.4. The summed E-state index contributed by atoms with van der Waals surface area (Å²) in [6.07, 6.45) is 3.37. The molecule has 2 unspecified atom stereocenters. The van der Waals surface area contributed by atoms with Crippen molar-refractivity contribution >= 4 is 24.2 Å². The standard InChI is InChI=1S/C26H26N4O2/c1-19(21-9-5-3-6-10-21)17-27-29-25(31)23-13-15-24(16-14-23)26(32)30-28-18-20(2)22-11-7-4-8-12-22/h3-20H,1-2H3,(H,29,31)(H,30,32)/b27-17+,28-18+. The third-order valence-electron chi connectivity index (χ3n) is 4.99. The molecule has 3 rings (SSSR count). The molecule has 0 heterocycles. The van der Waals surface area contributed by atoms with Crippen LogP contribution in [-0.2, 0) is 0 Å². The lowest BCUT2D eigenvalue weighted by Gasteiger charge is -2.06. The van der Waals surface area contributed by atoms with Gasteiger partial charge in [0.15, 0.2) is 0 Å². The van der Waals surface area contributed by atoms with Crippen LogP contribution in [-0.4, -0.2) is 24.2 Å². The Hall–Kier alpha value is -4.06. The SMILES string of the molecule is CC(/C=N/NC(=O)c1ccc(C(=O)N/N=C/C(C)c2ccccc2)cc1)c1ccccc1. The summed E-state index contributed by atoms with van der Waals surface area (Å²) in [5.41, 5.74) is 8.08. The van der Waals surface area contributed by atoms with Gasteiger partial charge >= 0.3 is 0 Å². The van der Waals surface area contributed by atoms with E-state index >= 15 is 0 Å². The summed E-state index contributed by atoms with van der Waals surface area (Å²) in [4.78, 5) is 24.6. The average Bonchev–Trinajstić information content (AvgIpc) is 2.85. The predicted octanol–water partition coefficient (Wildman–Crippen LogP) is 4.73. The van der Waals surface area contributed by atoms with Crippen LogP contribution < -0.4 is 10.9 Å². The first-order valence-corrected chi connectivity index (χ1v) is 10.4. The molecule has 0 aromatic heterocycles. The zero-order valence-corrected chi connectivity index (χ0v) is 18.1. The van der Waals surface area contributed by atoms with Crippen LogP contribution in [0.3, 0.4) is 0 Å². The number of amides is 2. The number of carbonyl (C=O) groups excluding carboxylic acids is 2. The summed E-state index contributed by atoms with van der Waals surface area (Å²) in [5.74, 6) is -0.535. The van der Waals surface area contributed by atoms with E-state index in [2.05, 4.69) is 21.1 Å². The first-order valence-electron chi connectivity index (χ1n) is 10.4. The van der Waals surface area contributed by atoms with Crippen molar-refractivity contribution in [3.63, 3.8) is 0 Å². The molecular weight excluding hydrogens is 400 g/mol. The molecule has 3 aromatic carbocycles. The Bertz CT molecular complexity index is 989. The number of hydrazone groups is 2. The summed E-state index contributed by atoms with van der Waals surface area (Å²) < 4.78 is 0. The van der Waals surface area contributed by atoms with Gasteiger partial charge in [-0.2, -0.15) is 10.2 Å². The van der Waals surface area contributed by atoms with Gasteiger partial charge in [-0.3, -0.25) is 9.59 Å². The highest BCUT2D eigenvalue weighted by atomic mass is 16.2. The fourth-order valence-corrected chi connectivity index (χ4v) is 3.00. The molecule has 0 saturated heterocycles. The molecule has 2 amide bonds. The van der Waals surface area contributed by atoms with E-state index in [4.69, 9.17) is 0 Å². The van der Waals surface area contributed by atoms with Gasteiger partial charge in [-0.25, -0.2) is 10.9 Å². The van der Waals surface area contributed by atoms with Gasteiger partial charge in [-0.15, -0.1) is 0 Å². The molecule has 0 aliphatic heterocycles. The Balaban J connectivity index is 1.50. The van der Waals surface area contributed by atoms with Crippen molar-refractivity contribution in [2.24, 2.45) is 10.2 Å². The summed E-state index contributed by atoms with van der Waals surface area (Å²) in [5, 5.41) is 8.08. The smallest absolute Gasteiger partial charge is 0.267 e. The molecule has 0 bridgehead atoms. The Morgan fingerprint density at radius 2 is 0.969 bits per heavy atom. The highest BCUT2D eigenvalue weighted by Gasteiger charge is 2.09. The largest absolute Gasteiger partial charge is 0.271 e. The van der Waals surface area contributed by atoms with Crippen molar-refractivity contribution in [3.8, 4) is 0 Å². The number of rotatable bonds is 8. The normalized spacial score (nSPS) is 13.1. The van der Waals surface area contributed by atoms with Crippen LogP contribution >= 0.6 is 0 Å². The molecule has 0 saturated carbocycles. The first kappa shape index (κ1) is 22.6. The predicted molar refractivity (Wildman–Crippen MR) is 128 cm³/mol. The number of hydrogen-bond donors (Lipinski definition) is 2. The van der Waals surface area contributed by atoms with E-state index in [1.54, 1.807) is 36.7 Å². The summed E-state index contributed by atoms with van der Waals surface area (Å²) >= 11 is 0. The van der Waals surface area contributed by atoms with E-state index in [9.17, 15) is 9.59 Å². The highest BCUT2D eigenvalue weighted by molar-refractivity contribution is 5.98. The molecule has 2 N–H and O–H groups in total. The molecule has 0 spiro atoms. The Morgan fingerprint density at radius 3 is 1.31 bits per heavy atom. The maximum absolute atomic E-state index is 12.3. The second-order valence-corrected chi connectivity index (χ2v) is 7.41. The number of nitrogens with zero attached hydrogens (tertiary/aromatic N) is 2. The average molecular weight is 427 g/mol. The van der Waals surface area contributed by atoms with Gasteiger partial charge in [0.05, 0.1) is 0 Å². The van der Waals surface area contributed by atoms with Crippen molar-refractivity contribution in [1.82, 2.24) is 10.9 Å². The van der Waals surface area contributed by atoms with Gasteiger partial charge < -0.3 is 0 Å². The van der Waals surface area contributed by atoms with Crippen molar-refractivity contribution in [3.05, 3.63) is 107 Å². The van der Waals surface area contributed by atoms with Gasteiger partial charge in [-0.05, 0) is 35.4 Å². The van der Waals surface area contributed by atoms with Crippen molar-refractivity contribution in [2.45, 2.75) is 25.7 Å². The molecule has 6 nitrogen and oxygen atoms in total. The minimum Gasteiger partial charge on any atom is -0.267 e. The lowest BCUT2D eigenvalue weighted by atomic mass is 10.0. The van der Waals surface area contributed by atoms with Gasteiger partial charge in [0.1, 0.15) is 0 Å². The van der Waals surface area contributed by atoms with Crippen LogP contribution in [0.2, 0.25) is 0 Å². The van der Waals surface area contributed by atoms with E-state index in [-0.39, 0.29) is 23.7 Å². The lowest BCUT2D eigenvalue weighted by molar-refractivity contribution is 0.0943. The van der Waals surface area contributed by atoms with Gasteiger partial charge in [0.2, 0.25) is 0 Å². The third-order valence-corrected chi connectivity index (χ3v) is 4.99. The molecular formula is C26H26N4O2. The fourth-order valence-electron chi connectivity index (χ4n) is 3.00. The molecule has 0 radical (unpaired) electrons. The Kier molecular flexibility index (Phi) is 8.03. The van der Waals surface area contributed by atoms with E-state index in [1.807, 2.05) is 74.5 Å². The summed E-state index contributed by atoms with van der Waals surface area (Å²) in [6.45, 7) is 4.00.